The Bertz CT molecular complexity index is 1030. The molecule has 0 unspecified atom stereocenters. The normalized spacial score (nSPS) is 10.8. The van der Waals surface area contributed by atoms with Crippen molar-refractivity contribution in [3.05, 3.63) is 63.7 Å². The maximum atomic E-state index is 12.2. The van der Waals surface area contributed by atoms with Crippen molar-refractivity contribution in [3.8, 4) is 0 Å². The van der Waals surface area contributed by atoms with E-state index in [1.165, 1.54) is 25.1 Å². The molecule has 0 aliphatic rings. The number of nitrogens with zero attached hydrogens (tertiary/aromatic N) is 2. The van der Waals surface area contributed by atoms with Crippen LogP contribution in [0.25, 0.3) is 0 Å². The Morgan fingerprint density at radius 3 is 2.27 bits per heavy atom. The van der Waals surface area contributed by atoms with Gasteiger partial charge < -0.3 is 10.6 Å². The molecule has 30 heavy (non-hydrogen) atoms. The number of benzene rings is 2. The van der Waals surface area contributed by atoms with Gasteiger partial charge in [0.05, 0.1) is 22.7 Å². The molecule has 0 saturated heterocycles. The molecule has 0 radical (unpaired) electrons. The highest BCUT2D eigenvalue weighted by molar-refractivity contribution is 6.08. The van der Waals surface area contributed by atoms with Crippen LogP contribution in [0.2, 0.25) is 0 Å². The van der Waals surface area contributed by atoms with Crippen LogP contribution in [0.1, 0.15) is 36.2 Å². The second kappa shape index (κ2) is 9.92. The fourth-order valence-corrected chi connectivity index (χ4v) is 2.52. The number of anilines is 2. The number of rotatable bonds is 7. The lowest BCUT2D eigenvalue weighted by Crippen LogP contribution is -2.22. The van der Waals surface area contributed by atoms with E-state index < -0.39 is 16.7 Å². The van der Waals surface area contributed by atoms with Crippen LogP contribution in [0.15, 0.2) is 47.6 Å². The van der Waals surface area contributed by atoms with Crippen molar-refractivity contribution in [2.24, 2.45) is 5.10 Å². The lowest BCUT2D eigenvalue weighted by Gasteiger charge is -2.11. The molecule has 2 aromatic carbocycles. The van der Waals surface area contributed by atoms with Gasteiger partial charge >= 0.3 is 0 Å². The van der Waals surface area contributed by atoms with Crippen LogP contribution >= 0.6 is 0 Å². The zero-order chi connectivity index (χ0) is 22.3. The molecule has 0 fully saturated rings. The van der Waals surface area contributed by atoms with Crippen LogP contribution in [0.3, 0.4) is 0 Å². The number of amides is 3. The number of nitrogens with one attached hydrogen (secondary N) is 3. The van der Waals surface area contributed by atoms with Gasteiger partial charge in [0.2, 0.25) is 11.8 Å². The zero-order valence-corrected chi connectivity index (χ0v) is 16.7. The molecule has 3 N–H and O–H groups in total. The zero-order valence-electron chi connectivity index (χ0n) is 16.7. The molecule has 2 aromatic rings. The summed E-state index contributed by atoms with van der Waals surface area (Å²) >= 11 is 0. The quantitative estimate of drug-likeness (QED) is 0.365. The van der Waals surface area contributed by atoms with Gasteiger partial charge in [-0.15, -0.1) is 0 Å². The summed E-state index contributed by atoms with van der Waals surface area (Å²) in [6.45, 7) is 4.49. The largest absolute Gasteiger partial charge is 0.325 e. The van der Waals surface area contributed by atoms with Crippen LogP contribution in [0, 0.1) is 17.0 Å². The summed E-state index contributed by atoms with van der Waals surface area (Å²) in [5, 5.41) is 20.2. The molecule has 0 saturated carbocycles. The van der Waals surface area contributed by atoms with Crippen molar-refractivity contribution in [1.29, 1.82) is 0 Å². The highest BCUT2D eigenvalue weighted by atomic mass is 16.6. The average Bonchev–Trinajstić information content (AvgIpc) is 2.67. The summed E-state index contributed by atoms with van der Waals surface area (Å²) in [7, 11) is 0. The minimum Gasteiger partial charge on any atom is -0.325 e. The molecule has 0 aliphatic carbocycles. The summed E-state index contributed by atoms with van der Waals surface area (Å²) in [5.74, 6) is -1.29. The lowest BCUT2D eigenvalue weighted by molar-refractivity contribution is -0.385. The number of para-hydroxylation sites is 2. The Morgan fingerprint density at radius 2 is 1.67 bits per heavy atom. The van der Waals surface area contributed by atoms with Gasteiger partial charge in [0.25, 0.3) is 11.6 Å². The minimum absolute atomic E-state index is 0.0811. The van der Waals surface area contributed by atoms with Crippen molar-refractivity contribution < 1.29 is 19.3 Å². The third kappa shape index (κ3) is 6.23. The Morgan fingerprint density at radius 1 is 1.03 bits per heavy atom. The number of carbonyl (C=O) groups excluding carboxylic acids is 3. The molecule has 0 bridgehead atoms. The molecule has 0 heterocycles. The van der Waals surface area contributed by atoms with Gasteiger partial charge in [-0.2, -0.15) is 5.10 Å². The van der Waals surface area contributed by atoms with Gasteiger partial charge in [-0.3, -0.25) is 24.5 Å². The molecule has 156 valence electrons. The van der Waals surface area contributed by atoms with Crippen molar-refractivity contribution in [1.82, 2.24) is 5.43 Å². The first-order chi connectivity index (χ1) is 14.2. The van der Waals surface area contributed by atoms with E-state index in [0.717, 1.165) is 0 Å². The summed E-state index contributed by atoms with van der Waals surface area (Å²) in [5.41, 5.74) is 3.84. The molecular formula is C20H21N5O5. The third-order valence-electron chi connectivity index (χ3n) is 3.94. The van der Waals surface area contributed by atoms with Crippen LogP contribution in [0.4, 0.5) is 17.1 Å². The molecule has 0 aliphatic heterocycles. The van der Waals surface area contributed by atoms with E-state index in [9.17, 15) is 24.5 Å². The van der Waals surface area contributed by atoms with E-state index in [1.807, 2.05) is 0 Å². The number of nitro groups is 1. The predicted octanol–water partition coefficient (Wildman–Crippen LogP) is 3.00. The van der Waals surface area contributed by atoms with Crippen LogP contribution in [-0.4, -0.2) is 28.4 Å². The molecule has 0 spiro atoms. The van der Waals surface area contributed by atoms with Gasteiger partial charge in [0.1, 0.15) is 0 Å². The molecule has 0 atom stereocenters. The average molecular weight is 411 g/mol. The van der Waals surface area contributed by atoms with Crippen molar-refractivity contribution in [3.63, 3.8) is 0 Å². The Kier molecular flexibility index (Phi) is 7.34. The fraction of sp³-hybridized carbons (Fsp3) is 0.200. The second-order valence-corrected chi connectivity index (χ2v) is 6.50. The minimum atomic E-state index is -0.631. The monoisotopic (exact) mass is 411 g/mol. The van der Waals surface area contributed by atoms with E-state index in [0.29, 0.717) is 22.6 Å². The van der Waals surface area contributed by atoms with Crippen LogP contribution in [-0.2, 0) is 9.59 Å². The predicted molar refractivity (Wildman–Crippen MR) is 112 cm³/mol. The van der Waals surface area contributed by atoms with Crippen LogP contribution in [0.5, 0.6) is 0 Å². The highest BCUT2D eigenvalue weighted by Crippen LogP contribution is 2.21. The number of aryl methyl sites for hydroxylation is 1. The standard InChI is InChI=1S/C20H21N5O5/c1-12-8-9-15(11-18(12)25(29)30)20(28)24-23-13(2)10-19(27)22-17-7-5-4-6-16(17)21-14(3)26/h4-9,11H,10H2,1-3H3,(H,21,26)(H,22,27)(H,24,28)/b23-13-. The van der Waals surface area contributed by atoms with E-state index >= 15 is 0 Å². The van der Waals surface area contributed by atoms with Gasteiger partial charge in [-0.1, -0.05) is 18.2 Å². The number of nitro benzene ring substituents is 1. The van der Waals surface area contributed by atoms with E-state index in [2.05, 4.69) is 21.2 Å². The molecular weight excluding hydrogens is 390 g/mol. The van der Waals surface area contributed by atoms with E-state index in [1.54, 1.807) is 38.1 Å². The number of hydrogen-bond donors (Lipinski definition) is 3. The lowest BCUT2D eigenvalue weighted by atomic mass is 10.1. The number of hydrazone groups is 1. The highest BCUT2D eigenvalue weighted by Gasteiger charge is 2.15. The second-order valence-electron chi connectivity index (χ2n) is 6.50. The first-order valence-electron chi connectivity index (χ1n) is 8.92. The van der Waals surface area contributed by atoms with Crippen molar-refractivity contribution >= 4 is 40.5 Å². The summed E-state index contributed by atoms with van der Waals surface area (Å²) in [6, 6.07) is 10.8. The maximum absolute atomic E-state index is 12.2. The fourth-order valence-electron chi connectivity index (χ4n) is 2.52. The number of hydrogen-bond acceptors (Lipinski definition) is 6. The maximum Gasteiger partial charge on any atom is 0.273 e. The smallest absolute Gasteiger partial charge is 0.273 e. The molecule has 10 heteroatoms. The first-order valence-corrected chi connectivity index (χ1v) is 8.92. The van der Waals surface area contributed by atoms with Crippen molar-refractivity contribution in [2.45, 2.75) is 27.2 Å². The van der Waals surface area contributed by atoms with Gasteiger partial charge in [-0.25, -0.2) is 5.43 Å². The topological polar surface area (TPSA) is 143 Å². The summed E-state index contributed by atoms with van der Waals surface area (Å²) < 4.78 is 0. The van der Waals surface area contributed by atoms with Gasteiger partial charge in [-0.05, 0) is 32.0 Å². The van der Waals surface area contributed by atoms with Crippen LogP contribution < -0.4 is 16.1 Å². The Balaban J connectivity index is 1.99. The van der Waals surface area contributed by atoms with E-state index in [-0.39, 0.29) is 23.6 Å². The number of carbonyl (C=O) groups is 3. The molecule has 2 rings (SSSR count). The molecule has 0 aromatic heterocycles. The third-order valence-corrected chi connectivity index (χ3v) is 3.94. The van der Waals surface area contributed by atoms with Crippen molar-refractivity contribution in [2.75, 3.05) is 10.6 Å². The van der Waals surface area contributed by atoms with E-state index in [4.69, 9.17) is 0 Å². The Hall–Kier alpha value is -4.08. The summed E-state index contributed by atoms with van der Waals surface area (Å²) in [6.07, 6.45) is -0.108. The molecule has 3 amide bonds. The Labute approximate surface area is 172 Å². The first kappa shape index (κ1) is 22.2. The SMILES string of the molecule is CC(=O)Nc1ccccc1NC(=O)C/C(C)=N\NC(=O)c1ccc(C)c([N+](=O)[O-])c1. The van der Waals surface area contributed by atoms with Gasteiger partial charge in [0.15, 0.2) is 0 Å². The summed E-state index contributed by atoms with van der Waals surface area (Å²) in [4.78, 5) is 46.1. The van der Waals surface area contributed by atoms with Gasteiger partial charge in [0, 0.05) is 29.8 Å². The molecule has 10 nitrogen and oxygen atoms in total.